The first kappa shape index (κ1) is 12.0. The Bertz CT molecular complexity index is 627. The third-order valence-electron chi connectivity index (χ3n) is 4.84. The molecule has 4 rings (SSSR count). The number of aromatic nitrogens is 1. The van der Waals surface area contributed by atoms with Gasteiger partial charge in [0.25, 0.3) is 0 Å². The van der Waals surface area contributed by atoms with Crippen molar-refractivity contribution in [3.63, 3.8) is 0 Å². The smallest absolute Gasteiger partial charge is 0.0770 e. The van der Waals surface area contributed by atoms with Gasteiger partial charge in [-0.3, -0.25) is 4.98 Å². The monoisotopic (exact) mass is 267 g/mol. The summed E-state index contributed by atoms with van der Waals surface area (Å²) in [6, 6.07) is 8.41. The Morgan fingerprint density at radius 3 is 2.65 bits per heavy atom. The Kier molecular flexibility index (Phi) is 2.79. The summed E-state index contributed by atoms with van der Waals surface area (Å²) in [6.45, 7) is 1.03. The summed E-state index contributed by atoms with van der Waals surface area (Å²) in [5, 5.41) is 8.75. The van der Waals surface area contributed by atoms with Crippen LogP contribution in [0.1, 0.15) is 38.5 Å². The summed E-state index contributed by atoms with van der Waals surface area (Å²) < 4.78 is 0. The zero-order valence-corrected chi connectivity index (χ0v) is 11.8. The molecule has 1 saturated carbocycles. The normalized spacial score (nSPS) is 20.8. The topological polar surface area (TPSA) is 37.0 Å². The summed E-state index contributed by atoms with van der Waals surface area (Å²) in [7, 11) is 0. The van der Waals surface area contributed by atoms with Gasteiger partial charge in [-0.25, -0.2) is 0 Å². The molecule has 1 aliphatic heterocycles. The third-order valence-corrected chi connectivity index (χ3v) is 4.84. The van der Waals surface area contributed by atoms with Crippen molar-refractivity contribution in [3.8, 4) is 0 Å². The van der Waals surface area contributed by atoms with Gasteiger partial charge in [-0.15, -0.1) is 0 Å². The quantitative estimate of drug-likeness (QED) is 0.752. The van der Waals surface area contributed by atoms with E-state index in [4.69, 9.17) is 0 Å². The van der Waals surface area contributed by atoms with Crippen LogP contribution in [0.3, 0.4) is 0 Å². The Hall–Kier alpha value is -1.77. The van der Waals surface area contributed by atoms with Gasteiger partial charge in [0.05, 0.1) is 28.6 Å². The van der Waals surface area contributed by atoms with Crippen LogP contribution >= 0.6 is 0 Å². The molecule has 2 heterocycles. The maximum atomic E-state index is 4.54. The van der Waals surface area contributed by atoms with E-state index in [0.29, 0.717) is 0 Å². The Balaban J connectivity index is 1.78. The van der Waals surface area contributed by atoms with Crippen molar-refractivity contribution in [2.45, 2.75) is 44.1 Å². The highest BCUT2D eigenvalue weighted by atomic mass is 15.1. The van der Waals surface area contributed by atoms with Crippen molar-refractivity contribution in [2.24, 2.45) is 0 Å². The first-order chi connectivity index (χ1) is 9.86. The fraction of sp³-hybridized carbons (Fsp3) is 0.471. The molecule has 1 fully saturated rings. The average Bonchev–Trinajstić information content (AvgIpc) is 2.73. The van der Waals surface area contributed by atoms with Gasteiger partial charge in [0.15, 0.2) is 0 Å². The molecular weight excluding hydrogens is 246 g/mol. The molecule has 0 radical (unpaired) electrons. The Morgan fingerprint density at radius 2 is 1.80 bits per heavy atom. The molecule has 3 nitrogen and oxygen atoms in total. The molecule has 2 N–H and O–H groups in total. The van der Waals surface area contributed by atoms with Crippen LogP contribution < -0.4 is 10.6 Å². The maximum Gasteiger partial charge on any atom is 0.0770 e. The predicted octanol–water partition coefficient (Wildman–Crippen LogP) is 4.17. The molecule has 3 heteroatoms. The lowest BCUT2D eigenvalue weighted by Gasteiger charge is -2.40. The molecule has 0 saturated heterocycles. The number of fused-ring (bicyclic) bond motifs is 3. The highest BCUT2D eigenvalue weighted by Gasteiger charge is 2.34. The number of pyridine rings is 1. The number of anilines is 2. The molecule has 0 bridgehead atoms. The first-order valence-corrected chi connectivity index (χ1v) is 7.76. The van der Waals surface area contributed by atoms with Crippen LogP contribution in [0.15, 0.2) is 30.5 Å². The summed E-state index contributed by atoms with van der Waals surface area (Å²) in [4.78, 5) is 4.54. The van der Waals surface area contributed by atoms with Gasteiger partial charge >= 0.3 is 0 Å². The average molecular weight is 267 g/mol. The number of hydrogen-bond acceptors (Lipinski definition) is 3. The molecule has 2 aliphatic rings. The lowest BCUT2D eigenvalue weighted by Crippen LogP contribution is -2.47. The minimum absolute atomic E-state index is 0.244. The van der Waals surface area contributed by atoms with E-state index < -0.39 is 0 Å². The van der Waals surface area contributed by atoms with E-state index >= 15 is 0 Å². The van der Waals surface area contributed by atoms with Gasteiger partial charge < -0.3 is 10.6 Å². The second-order valence-electron chi connectivity index (χ2n) is 6.24. The van der Waals surface area contributed by atoms with Gasteiger partial charge in [-0.2, -0.15) is 0 Å². The number of benzene rings is 1. The minimum Gasteiger partial charge on any atom is -0.380 e. The van der Waals surface area contributed by atoms with E-state index in [1.807, 2.05) is 6.20 Å². The summed E-state index contributed by atoms with van der Waals surface area (Å²) in [5.41, 5.74) is 3.72. The van der Waals surface area contributed by atoms with E-state index in [2.05, 4.69) is 39.9 Å². The molecule has 1 aromatic heterocycles. The number of hydrogen-bond donors (Lipinski definition) is 2. The van der Waals surface area contributed by atoms with E-state index in [9.17, 15) is 0 Å². The van der Waals surface area contributed by atoms with Crippen molar-refractivity contribution < 1.29 is 0 Å². The van der Waals surface area contributed by atoms with Crippen LogP contribution in [-0.4, -0.2) is 17.1 Å². The van der Waals surface area contributed by atoms with Gasteiger partial charge in [0.1, 0.15) is 0 Å². The number of nitrogens with zero attached hydrogens (tertiary/aromatic N) is 1. The fourth-order valence-corrected chi connectivity index (χ4v) is 3.69. The largest absolute Gasteiger partial charge is 0.380 e. The van der Waals surface area contributed by atoms with Crippen LogP contribution in [0, 0.1) is 0 Å². The fourth-order valence-electron chi connectivity index (χ4n) is 3.69. The molecule has 0 unspecified atom stereocenters. The molecule has 1 aromatic carbocycles. The van der Waals surface area contributed by atoms with Crippen LogP contribution in [0.5, 0.6) is 0 Å². The number of rotatable bonds is 0. The van der Waals surface area contributed by atoms with Crippen molar-refractivity contribution in [1.29, 1.82) is 0 Å². The highest BCUT2D eigenvalue weighted by molar-refractivity contribution is 5.98. The molecule has 104 valence electrons. The first-order valence-electron chi connectivity index (χ1n) is 7.76. The maximum absolute atomic E-state index is 4.54. The van der Waals surface area contributed by atoms with Crippen LogP contribution in [0.4, 0.5) is 11.4 Å². The minimum atomic E-state index is 0.244. The Morgan fingerprint density at radius 1 is 1.00 bits per heavy atom. The Labute approximate surface area is 119 Å². The van der Waals surface area contributed by atoms with Crippen molar-refractivity contribution in [3.05, 3.63) is 30.5 Å². The second kappa shape index (κ2) is 4.65. The third kappa shape index (κ3) is 1.92. The van der Waals surface area contributed by atoms with Crippen LogP contribution in [0.2, 0.25) is 0 Å². The SMILES string of the molecule is c1ccc2c3c(cnc2c1)NCC1(CCCCCC1)N3. The summed E-state index contributed by atoms with van der Waals surface area (Å²) in [5.74, 6) is 0. The molecule has 1 spiro atoms. The number of para-hydroxylation sites is 1. The zero-order chi connectivity index (χ0) is 13.4. The van der Waals surface area contributed by atoms with Crippen molar-refractivity contribution in [2.75, 3.05) is 17.2 Å². The van der Waals surface area contributed by atoms with Gasteiger partial charge in [-0.1, -0.05) is 43.9 Å². The molecule has 0 amide bonds. The van der Waals surface area contributed by atoms with Gasteiger partial charge in [0.2, 0.25) is 0 Å². The van der Waals surface area contributed by atoms with Crippen molar-refractivity contribution in [1.82, 2.24) is 4.98 Å². The summed E-state index contributed by atoms with van der Waals surface area (Å²) >= 11 is 0. The molecule has 0 atom stereocenters. The van der Waals surface area contributed by atoms with Crippen LogP contribution in [0.25, 0.3) is 10.9 Å². The standard InChI is InChI=1S/C17H21N3/c1-2-6-10-17(9-5-1)12-19-15-11-18-14-8-4-3-7-13(14)16(15)20-17/h3-4,7-8,11,19-20H,1-2,5-6,9-10,12H2. The lowest BCUT2D eigenvalue weighted by molar-refractivity contribution is 0.423. The van der Waals surface area contributed by atoms with E-state index in [1.54, 1.807) is 0 Å². The molecule has 2 aromatic rings. The summed E-state index contributed by atoms with van der Waals surface area (Å²) in [6.07, 6.45) is 9.96. The number of nitrogens with one attached hydrogen (secondary N) is 2. The zero-order valence-electron chi connectivity index (χ0n) is 11.8. The molecule has 20 heavy (non-hydrogen) atoms. The second-order valence-corrected chi connectivity index (χ2v) is 6.24. The van der Waals surface area contributed by atoms with E-state index in [-0.39, 0.29) is 5.54 Å². The van der Waals surface area contributed by atoms with Crippen molar-refractivity contribution >= 4 is 22.3 Å². The molecule has 1 aliphatic carbocycles. The van der Waals surface area contributed by atoms with E-state index in [0.717, 1.165) is 17.7 Å². The van der Waals surface area contributed by atoms with E-state index in [1.165, 1.54) is 49.6 Å². The predicted molar refractivity (Wildman–Crippen MR) is 84.3 cm³/mol. The lowest BCUT2D eigenvalue weighted by atomic mass is 9.87. The van der Waals surface area contributed by atoms with Gasteiger partial charge in [0, 0.05) is 11.9 Å². The van der Waals surface area contributed by atoms with Crippen LogP contribution in [-0.2, 0) is 0 Å². The highest BCUT2D eigenvalue weighted by Crippen LogP contribution is 2.40. The molecular formula is C17H21N3. The van der Waals surface area contributed by atoms with Gasteiger partial charge in [-0.05, 0) is 18.9 Å².